The van der Waals surface area contributed by atoms with Crippen molar-refractivity contribution in [1.29, 1.82) is 0 Å². The number of hydrogen-bond acceptors (Lipinski definition) is 4. The van der Waals surface area contributed by atoms with Gasteiger partial charge in [0.15, 0.2) is 5.03 Å². The van der Waals surface area contributed by atoms with E-state index in [1.807, 2.05) is 0 Å². The molecule has 1 rings (SSSR count). The molecule has 0 amide bonds. The number of rotatable bonds is 5. The van der Waals surface area contributed by atoms with E-state index in [4.69, 9.17) is 5.11 Å². The lowest BCUT2D eigenvalue weighted by molar-refractivity contribution is -0.146. The van der Waals surface area contributed by atoms with Gasteiger partial charge >= 0.3 is 12.1 Å². The van der Waals surface area contributed by atoms with Gasteiger partial charge in [0.05, 0.1) is 6.20 Å². The smallest absolute Gasteiger partial charge is 0.402 e. The molecule has 1 heterocycles. The largest absolute Gasteiger partial charge is 0.480 e. The molecule has 1 aromatic heterocycles. The summed E-state index contributed by atoms with van der Waals surface area (Å²) in [5.41, 5.74) is 0. The molecule has 0 aliphatic carbocycles. The van der Waals surface area contributed by atoms with Gasteiger partial charge < -0.3 is 5.11 Å². The SMILES string of the molecule is Cn1nccc1S(=O)(=O)N(CC(=O)O)CC(F)(F)F. The maximum absolute atomic E-state index is 12.3. The van der Waals surface area contributed by atoms with Gasteiger partial charge in [-0.2, -0.15) is 22.6 Å². The standard InChI is InChI=1S/C8H10F3N3O4S/c1-13-6(2-3-12-13)19(17,18)14(4-7(15)16)5-8(9,10)11/h2-3H,4-5H2,1H3,(H,15,16). The second-order valence-electron chi connectivity index (χ2n) is 3.58. The second-order valence-corrected chi connectivity index (χ2v) is 5.46. The van der Waals surface area contributed by atoms with Crippen LogP contribution in [0, 0.1) is 0 Å². The fraction of sp³-hybridized carbons (Fsp3) is 0.500. The summed E-state index contributed by atoms with van der Waals surface area (Å²) in [4.78, 5) is 10.5. The maximum Gasteiger partial charge on any atom is 0.402 e. The van der Waals surface area contributed by atoms with E-state index in [2.05, 4.69) is 5.10 Å². The number of halogens is 3. The highest BCUT2D eigenvalue weighted by molar-refractivity contribution is 7.89. The lowest BCUT2D eigenvalue weighted by atomic mass is 10.5. The van der Waals surface area contributed by atoms with Crippen LogP contribution in [0.3, 0.4) is 0 Å². The van der Waals surface area contributed by atoms with Gasteiger partial charge in [0, 0.05) is 7.05 Å². The molecule has 0 fully saturated rings. The monoisotopic (exact) mass is 301 g/mol. The van der Waals surface area contributed by atoms with Crippen molar-refractivity contribution in [2.45, 2.75) is 11.2 Å². The first-order valence-electron chi connectivity index (χ1n) is 4.81. The van der Waals surface area contributed by atoms with Crippen LogP contribution in [0.15, 0.2) is 17.3 Å². The van der Waals surface area contributed by atoms with Crippen molar-refractivity contribution >= 4 is 16.0 Å². The Balaban J connectivity index is 3.17. The van der Waals surface area contributed by atoms with Crippen LogP contribution in [-0.2, 0) is 21.9 Å². The van der Waals surface area contributed by atoms with Crippen molar-refractivity contribution < 1.29 is 31.5 Å². The molecule has 0 radical (unpaired) electrons. The third kappa shape index (κ3) is 3.92. The summed E-state index contributed by atoms with van der Waals surface area (Å²) < 4.78 is 61.5. The first-order chi connectivity index (χ1) is 8.54. The average molecular weight is 301 g/mol. The lowest BCUT2D eigenvalue weighted by Gasteiger charge is -2.21. The second kappa shape index (κ2) is 5.17. The van der Waals surface area contributed by atoms with Crippen LogP contribution in [0.4, 0.5) is 13.2 Å². The Morgan fingerprint density at radius 2 is 2.11 bits per heavy atom. The van der Waals surface area contributed by atoms with Gasteiger partial charge in [-0.15, -0.1) is 0 Å². The number of aromatic nitrogens is 2. The first-order valence-corrected chi connectivity index (χ1v) is 6.25. The Morgan fingerprint density at radius 3 is 2.47 bits per heavy atom. The summed E-state index contributed by atoms with van der Waals surface area (Å²) in [6.07, 6.45) is -3.76. The molecule has 0 saturated carbocycles. The Morgan fingerprint density at radius 1 is 1.53 bits per heavy atom. The summed E-state index contributed by atoms with van der Waals surface area (Å²) in [5.74, 6) is -1.69. The fourth-order valence-electron chi connectivity index (χ4n) is 1.32. The van der Waals surface area contributed by atoms with Crippen LogP contribution in [0.25, 0.3) is 0 Å². The highest BCUT2D eigenvalue weighted by Crippen LogP contribution is 2.22. The summed E-state index contributed by atoms with van der Waals surface area (Å²) in [5, 5.41) is 11.5. The lowest BCUT2D eigenvalue weighted by Crippen LogP contribution is -2.42. The van der Waals surface area contributed by atoms with E-state index in [1.54, 1.807) is 0 Å². The van der Waals surface area contributed by atoms with Crippen LogP contribution in [-0.4, -0.2) is 52.8 Å². The molecule has 0 saturated heterocycles. The number of aliphatic carboxylic acids is 1. The molecule has 0 aliphatic heterocycles. The van der Waals surface area contributed by atoms with Crippen LogP contribution >= 0.6 is 0 Å². The first kappa shape index (κ1) is 15.4. The summed E-state index contributed by atoms with van der Waals surface area (Å²) in [6.45, 7) is -3.17. The number of hydrogen-bond donors (Lipinski definition) is 1. The van der Waals surface area contributed by atoms with Crippen molar-refractivity contribution in [3.05, 3.63) is 12.3 Å². The number of alkyl halides is 3. The molecule has 0 spiro atoms. The van der Waals surface area contributed by atoms with Crippen molar-refractivity contribution in [1.82, 2.24) is 14.1 Å². The Kier molecular flexibility index (Phi) is 4.20. The summed E-state index contributed by atoms with van der Waals surface area (Å²) in [6, 6.07) is 0.987. The molecule has 108 valence electrons. The van der Waals surface area contributed by atoms with Gasteiger partial charge in [-0.3, -0.25) is 9.48 Å². The Labute approximate surface area is 106 Å². The molecule has 1 aromatic rings. The van der Waals surface area contributed by atoms with E-state index < -0.39 is 40.3 Å². The maximum atomic E-state index is 12.3. The molecule has 0 atom stereocenters. The van der Waals surface area contributed by atoms with Gasteiger partial charge in [-0.25, -0.2) is 8.42 Å². The molecule has 0 bridgehead atoms. The minimum Gasteiger partial charge on any atom is -0.480 e. The molecular formula is C8H10F3N3O4S. The minimum atomic E-state index is -4.85. The van der Waals surface area contributed by atoms with E-state index in [0.717, 1.165) is 16.9 Å². The fourth-order valence-corrected chi connectivity index (χ4v) is 2.80. The number of aryl methyl sites for hydroxylation is 1. The molecule has 1 N–H and O–H groups in total. The number of carboxylic acid groups (broad SMARTS) is 1. The average Bonchev–Trinajstić information content (AvgIpc) is 2.61. The number of sulfonamides is 1. The van der Waals surface area contributed by atoms with Gasteiger partial charge in [-0.1, -0.05) is 0 Å². The zero-order valence-electron chi connectivity index (χ0n) is 9.62. The molecule has 7 nitrogen and oxygen atoms in total. The summed E-state index contributed by atoms with van der Waals surface area (Å²) in [7, 11) is -3.36. The van der Waals surface area contributed by atoms with E-state index in [-0.39, 0.29) is 4.31 Å². The van der Waals surface area contributed by atoms with Crippen molar-refractivity contribution in [2.24, 2.45) is 7.05 Å². The highest BCUT2D eigenvalue weighted by Gasteiger charge is 2.39. The third-order valence-electron chi connectivity index (χ3n) is 2.05. The van der Waals surface area contributed by atoms with Crippen LogP contribution in [0.2, 0.25) is 0 Å². The summed E-state index contributed by atoms with van der Waals surface area (Å²) >= 11 is 0. The molecule has 0 unspecified atom stereocenters. The molecule has 19 heavy (non-hydrogen) atoms. The topological polar surface area (TPSA) is 92.5 Å². The van der Waals surface area contributed by atoms with E-state index >= 15 is 0 Å². The number of carboxylic acids is 1. The van der Waals surface area contributed by atoms with Crippen LogP contribution in [0.1, 0.15) is 0 Å². The van der Waals surface area contributed by atoms with Gasteiger partial charge in [0.2, 0.25) is 0 Å². The van der Waals surface area contributed by atoms with Gasteiger partial charge in [0.1, 0.15) is 13.1 Å². The Bertz CT molecular complexity index is 566. The minimum absolute atomic E-state index is 0.160. The predicted molar refractivity (Wildman–Crippen MR) is 55.7 cm³/mol. The van der Waals surface area contributed by atoms with E-state index in [1.165, 1.54) is 7.05 Å². The van der Waals surface area contributed by atoms with Gasteiger partial charge in [0.25, 0.3) is 10.0 Å². The van der Waals surface area contributed by atoms with Crippen molar-refractivity contribution in [3.8, 4) is 0 Å². The third-order valence-corrected chi connectivity index (χ3v) is 3.91. The number of nitrogens with zero attached hydrogens (tertiary/aromatic N) is 3. The molecule has 0 aromatic carbocycles. The van der Waals surface area contributed by atoms with E-state index in [0.29, 0.717) is 0 Å². The molecule has 0 aliphatic rings. The van der Waals surface area contributed by atoms with Gasteiger partial charge in [-0.05, 0) is 6.07 Å². The zero-order chi connectivity index (χ0) is 14.8. The quantitative estimate of drug-likeness (QED) is 0.830. The van der Waals surface area contributed by atoms with Crippen LogP contribution in [0.5, 0.6) is 0 Å². The van der Waals surface area contributed by atoms with Crippen molar-refractivity contribution in [2.75, 3.05) is 13.1 Å². The van der Waals surface area contributed by atoms with Crippen LogP contribution < -0.4 is 0 Å². The molecular weight excluding hydrogens is 291 g/mol. The normalized spacial score (nSPS) is 12.9. The Hall–Kier alpha value is -1.62. The number of carbonyl (C=O) groups is 1. The van der Waals surface area contributed by atoms with E-state index in [9.17, 15) is 26.4 Å². The molecule has 11 heteroatoms. The van der Waals surface area contributed by atoms with Crippen molar-refractivity contribution in [3.63, 3.8) is 0 Å². The predicted octanol–water partition coefficient (Wildman–Crippen LogP) is 0.0577. The zero-order valence-corrected chi connectivity index (χ0v) is 10.4. The highest BCUT2D eigenvalue weighted by atomic mass is 32.2.